The number of carbonyl (C=O) groups is 1. The molecular formula is C18H21N3O6S. The third-order valence-electron chi connectivity index (χ3n) is 3.87. The van der Waals surface area contributed by atoms with E-state index in [1.165, 1.54) is 49.6 Å². The maximum absolute atomic E-state index is 12.5. The summed E-state index contributed by atoms with van der Waals surface area (Å²) in [5, 5.41) is 13.4. The lowest BCUT2D eigenvalue weighted by Crippen LogP contribution is -2.25. The van der Waals surface area contributed by atoms with Gasteiger partial charge in [-0.05, 0) is 30.7 Å². The van der Waals surface area contributed by atoms with E-state index in [9.17, 15) is 23.3 Å². The van der Waals surface area contributed by atoms with Crippen LogP contribution in [0, 0.1) is 10.1 Å². The molecule has 0 heterocycles. The molecule has 2 rings (SSSR count). The van der Waals surface area contributed by atoms with Crippen molar-refractivity contribution in [3.63, 3.8) is 0 Å². The van der Waals surface area contributed by atoms with E-state index in [4.69, 9.17) is 4.74 Å². The first-order chi connectivity index (χ1) is 13.3. The SMILES string of the molecule is CCCCNS(=O)(=O)c1cccc(C(=O)Nc2ccc([N+](=O)[O-])cc2OC)c1. The van der Waals surface area contributed by atoms with Crippen LogP contribution in [0.1, 0.15) is 30.1 Å². The summed E-state index contributed by atoms with van der Waals surface area (Å²) >= 11 is 0. The van der Waals surface area contributed by atoms with Crippen molar-refractivity contribution in [2.75, 3.05) is 19.0 Å². The Labute approximate surface area is 162 Å². The van der Waals surface area contributed by atoms with Gasteiger partial charge in [0.05, 0.1) is 28.7 Å². The van der Waals surface area contributed by atoms with E-state index in [0.29, 0.717) is 13.0 Å². The molecule has 0 bridgehead atoms. The first-order valence-electron chi connectivity index (χ1n) is 8.52. The fraction of sp³-hybridized carbons (Fsp3) is 0.278. The standard InChI is InChI=1S/C18H21N3O6S/c1-3-4-10-19-28(25,26)15-7-5-6-13(11-15)18(22)20-16-9-8-14(21(23)24)12-17(16)27-2/h5-9,11-12,19H,3-4,10H2,1-2H3,(H,20,22). The zero-order valence-electron chi connectivity index (χ0n) is 15.5. The van der Waals surface area contributed by atoms with E-state index in [0.717, 1.165) is 6.42 Å². The van der Waals surface area contributed by atoms with Crippen molar-refractivity contribution >= 4 is 27.3 Å². The minimum atomic E-state index is -3.72. The number of ether oxygens (including phenoxy) is 1. The largest absolute Gasteiger partial charge is 0.494 e. The minimum absolute atomic E-state index is 0.0214. The Morgan fingerprint density at radius 2 is 1.96 bits per heavy atom. The number of nitro groups is 1. The number of unbranched alkanes of at least 4 members (excludes halogenated alkanes) is 1. The van der Waals surface area contributed by atoms with E-state index in [2.05, 4.69) is 10.0 Å². The number of hydrogen-bond donors (Lipinski definition) is 2. The predicted octanol–water partition coefficient (Wildman–Crippen LogP) is 2.93. The van der Waals surface area contributed by atoms with Gasteiger partial charge in [-0.1, -0.05) is 19.4 Å². The van der Waals surface area contributed by atoms with Gasteiger partial charge in [0, 0.05) is 18.2 Å². The van der Waals surface area contributed by atoms with Crippen molar-refractivity contribution in [3.05, 3.63) is 58.1 Å². The molecule has 2 aromatic rings. The van der Waals surface area contributed by atoms with Crippen LogP contribution in [0.15, 0.2) is 47.4 Å². The summed E-state index contributed by atoms with van der Waals surface area (Å²) in [5.74, 6) is -0.453. The molecule has 28 heavy (non-hydrogen) atoms. The normalized spacial score (nSPS) is 11.1. The van der Waals surface area contributed by atoms with Crippen molar-refractivity contribution in [2.45, 2.75) is 24.7 Å². The molecule has 0 spiro atoms. The van der Waals surface area contributed by atoms with Gasteiger partial charge in [0.15, 0.2) is 0 Å². The second-order valence-corrected chi connectivity index (χ2v) is 7.64. The number of hydrogen-bond acceptors (Lipinski definition) is 6. The Morgan fingerprint density at radius 1 is 1.21 bits per heavy atom. The lowest BCUT2D eigenvalue weighted by atomic mass is 10.2. The monoisotopic (exact) mass is 407 g/mol. The van der Waals surface area contributed by atoms with Crippen molar-refractivity contribution in [1.82, 2.24) is 4.72 Å². The van der Waals surface area contributed by atoms with Crippen LogP contribution in [0.5, 0.6) is 5.75 Å². The summed E-state index contributed by atoms with van der Waals surface area (Å²) in [4.78, 5) is 22.8. The van der Waals surface area contributed by atoms with Crippen LogP contribution in [0.3, 0.4) is 0 Å². The Morgan fingerprint density at radius 3 is 2.61 bits per heavy atom. The molecule has 0 unspecified atom stereocenters. The van der Waals surface area contributed by atoms with E-state index in [-0.39, 0.29) is 27.6 Å². The van der Waals surface area contributed by atoms with Crippen LogP contribution in [0.4, 0.5) is 11.4 Å². The van der Waals surface area contributed by atoms with Gasteiger partial charge < -0.3 is 10.1 Å². The average molecular weight is 407 g/mol. The minimum Gasteiger partial charge on any atom is -0.494 e. The molecular weight excluding hydrogens is 386 g/mol. The number of amides is 1. The highest BCUT2D eigenvalue weighted by molar-refractivity contribution is 7.89. The molecule has 9 nitrogen and oxygen atoms in total. The number of carbonyl (C=O) groups excluding carboxylic acids is 1. The average Bonchev–Trinajstić information content (AvgIpc) is 2.68. The van der Waals surface area contributed by atoms with Gasteiger partial charge in [-0.3, -0.25) is 14.9 Å². The Hall–Kier alpha value is -2.98. The van der Waals surface area contributed by atoms with Crippen LogP contribution in [-0.4, -0.2) is 32.9 Å². The molecule has 0 fully saturated rings. The smallest absolute Gasteiger partial charge is 0.273 e. The van der Waals surface area contributed by atoms with E-state index >= 15 is 0 Å². The second-order valence-electron chi connectivity index (χ2n) is 5.87. The number of sulfonamides is 1. The van der Waals surface area contributed by atoms with Gasteiger partial charge in [0.1, 0.15) is 5.75 Å². The van der Waals surface area contributed by atoms with Crippen molar-refractivity contribution in [3.8, 4) is 5.75 Å². The van der Waals surface area contributed by atoms with Crippen LogP contribution in [0.25, 0.3) is 0 Å². The number of non-ortho nitro benzene ring substituents is 1. The summed E-state index contributed by atoms with van der Waals surface area (Å²) in [7, 11) is -2.40. The molecule has 0 aliphatic rings. The van der Waals surface area contributed by atoms with Crippen molar-refractivity contribution in [2.24, 2.45) is 0 Å². The van der Waals surface area contributed by atoms with E-state index in [1.807, 2.05) is 6.92 Å². The van der Waals surface area contributed by atoms with Crippen LogP contribution in [0.2, 0.25) is 0 Å². The zero-order valence-corrected chi connectivity index (χ0v) is 16.3. The maximum atomic E-state index is 12.5. The summed E-state index contributed by atoms with van der Waals surface area (Å²) in [6, 6.07) is 9.38. The first-order valence-corrected chi connectivity index (χ1v) is 10.0. The molecule has 0 aliphatic carbocycles. The second kappa shape index (κ2) is 9.29. The summed E-state index contributed by atoms with van der Waals surface area (Å²) in [6.07, 6.45) is 1.56. The van der Waals surface area contributed by atoms with Crippen LogP contribution >= 0.6 is 0 Å². The fourth-order valence-corrected chi connectivity index (χ4v) is 3.48. The fourth-order valence-electron chi connectivity index (χ4n) is 2.36. The van der Waals surface area contributed by atoms with E-state index < -0.39 is 20.9 Å². The predicted molar refractivity (Wildman–Crippen MR) is 104 cm³/mol. The number of nitro benzene ring substituents is 1. The molecule has 0 aliphatic heterocycles. The van der Waals surface area contributed by atoms with Gasteiger partial charge in [-0.25, -0.2) is 13.1 Å². The highest BCUT2D eigenvalue weighted by Gasteiger charge is 2.18. The van der Waals surface area contributed by atoms with Gasteiger partial charge in [-0.2, -0.15) is 0 Å². The highest BCUT2D eigenvalue weighted by atomic mass is 32.2. The highest BCUT2D eigenvalue weighted by Crippen LogP contribution is 2.29. The topological polar surface area (TPSA) is 128 Å². The third kappa shape index (κ3) is 5.27. The van der Waals surface area contributed by atoms with Crippen LogP contribution < -0.4 is 14.8 Å². The Balaban J connectivity index is 2.23. The lowest BCUT2D eigenvalue weighted by molar-refractivity contribution is -0.384. The number of rotatable bonds is 9. The molecule has 2 N–H and O–H groups in total. The first kappa shape index (κ1) is 21.3. The summed E-state index contributed by atoms with van der Waals surface area (Å²) in [6.45, 7) is 2.26. The maximum Gasteiger partial charge on any atom is 0.273 e. The van der Waals surface area contributed by atoms with Crippen molar-refractivity contribution < 1.29 is 22.9 Å². The van der Waals surface area contributed by atoms with Crippen molar-refractivity contribution in [1.29, 1.82) is 0 Å². The molecule has 0 saturated heterocycles. The van der Waals surface area contributed by atoms with Gasteiger partial charge in [0.25, 0.3) is 11.6 Å². The van der Waals surface area contributed by atoms with Crippen LogP contribution in [-0.2, 0) is 10.0 Å². The quantitative estimate of drug-likeness (QED) is 0.374. The third-order valence-corrected chi connectivity index (χ3v) is 5.33. The number of nitrogens with zero attached hydrogens (tertiary/aromatic N) is 1. The molecule has 2 aromatic carbocycles. The number of benzene rings is 2. The Kier molecular flexibility index (Phi) is 7.07. The van der Waals surface area contributed by atoms with Gasteiger partial charge >= 0.3 is 0 Å². The number of anilines is 1. The summed E-state index contributed by atoms with van der Waals surface area (Å²) in [5.41, 5.74) is 0.173. The molecule has 10 heteroatoms. The summed E-state index contributed by atoms with van der Waals surface area (Å²) < 4.78 is 32.2. The lowest BCUT2D eigenvalue weighted by Gasteiger charge is -2.11. The molecule has 0 saturated carbocycles. The molecule has 1 amide bonds. The zero-order chi connectivity index (χ0) is 20.7. The van der Waals surface area contributed by atoms with E-state index in [1.54, 1.807) is 0 Å². The molecule has 0 atom stereocenters. The number of methoxy groups -OCH3 is 1. The van der Waals surface area contributed by atoms with Gasteiger partial charge in [-0.15, -0.1) is 0 Å². The molecule has 150 valence electrons. The number of nitrogens with one attached hydrogen (secondary N) is 2. The molecule has 0 aromatic heterocycles. The molecule has 0 radical (unpaired) electrons. The Bertz CT molecular complexity index is 975. The van der Waals surface area contributed by atoms with Gasteiger partial charge in [0.2, 0.25) is 10.0 Å².